The molecule has 5 nitrogen and oxygen atoms in total. The summed E-state index contributed by atoms with van der Waals surface area (Å²) >= 11 is 0. The van der Waals surface area contributed by atoms with Gasteiger partial charge in [0, 0.05) is 28.7 Å². The molecule has 1 N–H and O–H groups in total. The lowest BCUT2D eigenvalue weighted by Gasteiger charge is -2.34. The number of aromatic hydroxyl groups is 1. The SMILES string of the molecule is COc1cc2c(c(OC)c1CC=C(C)C)C[C@H](c1ccc(O)c3c1OC(C)(C)C=C3)CO2. The smallest absolute Gasteiger partial charge is 0.135 e. The van der Waals surface area contributed by atoms with E-state index in [9.17, 15) is 5.11 Å². The molecule has 0 saturated carbocycles. The van der Waals surface area contributed by atoms with Crippen molar-refractivity contribution in [2.45, 2.75) is 52.1 Å². The standard InChI is InChI=1S/C27H32O5/c1-16(2)7-8-20-23(29-5)14-24-21(25(20)30-6)13-17(15-31-24)18-9-10-22(28)19-11-12-27(3,4)32-26(18)19/h7,9-12,14,17,28H,8,13,15H2,1-6H3/t17-/m0/s1. The Balaban J connectivity index is 1.77. The van der Waals surface area contributed by atoms with Gasteiger partial charge in [-0.15, -0.1) is 0 Å². The lowest BCUT2D eigenvalue weighted by atomic mass is 9.86. The predicted molar refractivity (Wildman–Crippen MR) is 126 cm³/mol. The third kappa shape index (κ3) is 4.04. The van der Waals surface area contributed by atoms with Gasteiger partial charge in [-0.1, -0.05) is 17.7 Å². The maximum atomic E-state index is 10.4. The van der Waals surface area contributed by atoms with Gasteiger partial charge >= 0.3 is 0 Å². The zero-order chi connectivity index (χ0) is 23.0. The second-order valence-electron chi connectivity index (χ2n) is 9.22. The summed E-state index contributed by atoms with van der Waals surface area (Å²) in [6.07, 6.45) is 7.56. The summed E-state index contributed by atoms with van der Waals surface area (Å²) in [5, 5.41) is 10.4. The molecule has 0 spiro atoms. The number of phenols is 1. The number of phenolic OH excluding ortho intramolecular Hbond substituents is 1. The van der Waals surface area contributed by atoms with Gasteiger partial charge in [-0.25, -0.2) is 0 Å². The van der Waals surface area contributed by atoms with E-state index >= 15 is 0 Å². The Hall–Kier alpha value is -3.08. The van der Waals surface area contributed by atoms with Crippen LogP contribution in [-0.2, 0) is 12.8 Å². The lowest BCUT2D eigenvalue weighted by Crippen LogP contribution is -2.29. The van der Waals surface area contributed by atoms with Crippen LogP contribution >= 0.6 is 0 Å². The van der Waals surface area contributed by atoms with Crippen molar-refractivity contribution in [3.63, 3.8) is 0 Å². The third-order valence-electron chi connectivity index (χ3n) is 6.09. The number of rotatable bonds is 5. The molecular weight excluding hydrogens is 404 g/mol. The number of methoxy groups -OCH3 is 2. The molecule has 0 amide bonds. The summed E-state index contributed by atoms with van der Waals surface area (Å²) in [4.78, 5) is 0. The van der Waals surface area contributed by atoms with Crippen LogP contribution in [0.5, 0.6) is 28.7 Å². The predicted octanol–water partition coefficient (Wildman–Crippen LogP) is 5.82. The van der Waals surface area contributed by atoms with Crippen LogP contribution in [0.25, 0.3) is 6.08 Å². The van der Waals surface area contributed by atoms with Gasteiger partial charge in [0.05, 0.1) is 26.4 Å². The van der Waals surface area contributed by atoms with E-state index in [0.29, 0.717) is 6.61 Å². The van der Waals surface area contributed by atoms with Crippen molar-refractivity contribution in [1.82, 2.24) is 0 Å². The largest absolute Gasteiger partial charge is 0.507 e. The molecule has 0 saturated heterocycles. The van der Waals surface area contributed by atoms with E-state index in [-0.39, 0.29) is 11.7 Å². The zero-order valence-electron chi connectivity index (χ0n) is 19.7. The molecule has 2 aromatic carbocycles. The first-order chi connectivity index (χ1) is 15.2. The van der Waals surface area contributed by atoms with Crippen LogP contribution in [0.2, 0.25) is 0 Å². The van der Waals surface area contributed by atoms with E-state index in [4.69, 9.17) is 18.9 Å². The quantitative estimate of drug-likeness (QED) is 0.599. The first kappa shape index (κ1) is 22.1. The summed E-state index contributed by atoms with van der Waals surface area (Å²) in [6.45, 7) is 8.70. The van der Waals surface area contributed by atoms with Crippen LogP contribution in [0, 0.1) is 0 Å². The van der Waals surface area contributed by atoms with Crippen molar-refractivity contribution in [3.05, 3.63) is 58.2 Å². The van der Waals surface area contributed by atoms with Crippen molar-refractivity contribution in [2.75, 3.05) is 20.8 Å². The van der Waals surface area contributed by atoms with Crippen molar-refractivity contribution >= 4 is 6.08 Å². The Morgan fingerprint density at radius 2 is 2.00 bits per heavy atom. The summed E-state index contributed by atoms with van der Waals surface area (Å²) in [6, 6.07) is 5.65. The highest BCUT2D eigenvalue weighted by Gasteiger charge is 2.33. The van der Waals surface area contributed by atoms with Crippen LogP contribution in [-0.4, -0.2) is 31.5 Å². The van der Waals surface area contributed by atoms with E-state index in [1.165, 1.54) is 5.57 Å². The molecule has 0 fully saturated rings. The fraction of sp³-hybridized carbons (Fsp3) is 0.407. The van der Waals surface area contributed by atoms with Crippen molar-refractivity contribution in [3.8, 4) is 28.7 Å². The third-order valence-corrected chi connectivity index (χ3v) is 6.09. The Morgan fingerprint density at radius 3 is 2.69 bits per heavy atom. The minimum Gasteiger partial charge on any atom is -0.507 e. The Kier molecular flexibility index (Phi) is 5.85. The first-order valence-electron chi connectivity index (χ1n) is 11.0. The second kappa shape index (κ2) is 8.45. The summed E-state index contributed by atoms with van der Waals surface area (Å²) < 4.78 is 24.1. The normalized spacial score (nSPS) is 18.0. The molecule has 0 aromatic heterocycles. The number of allylic oxidation sites excluding steroid dienone is 2. The number of ether oxygens (including phenoxy) is 4. The topological polar surface area (TPSA) is 57.2 Å². The van der Waals surface area contributed by atoms with Crippen molar-refractivity contribution in [2.24, 2.45) is 0 Å². The fourth-order valence-electron chi connectivity index (χ4n) is 4.43. The second-order valence-corrected chi connectivity index (χ2v) is 9.22. The van der Waals surface area contributed by atoms with Crippen LogP contribution in [0.4, 0.5) is 0 Å². The fourth-order valence-corrected chi connectivity index (χ4v) is 4.43. The average Bonchev–Trinajstić information content (AvgIpc) is 2.75. The maximum absolute atomic E-state index is 10.4. The van der Waals surface area contributed by atoms with E-state index < -0.39 is 5.60 Å². The lowest BCUT2D eigenvalue weighted by molar-refractivity contribution is 0.153. The highest BCUT2D eigenvalue weighted by molar-refractivity contribution is 5.70. The molecule has 2 aromatic rings. The first-order valence-corrected chi connectivity index (χ1v) is 11.0. The minimum atomic E-state index is -0.439. The molecule has 0 radical (unpaired) electrons. The van der Waals surface area contributed by atoms with E-state index in [1.807, 2.05) is 38.1 Å². The molecule has 4 rings (SSSR count). The molecule has 32 heavy (non-hydrogen) atoms. The zero-order valence-corrected chi connectivity index (χ0v) is 19.7. The summed E-state index contributed by atoms with van der Waals surface area (Å²) in [7, 11) is 3.37. The average molecular weight is 437 g/mol. The number of hydrogen-bond acceptors (Lipinski definition) is 5. The molecule has 1 atom stereocenters. The number of fused-ring (bicyclic) bond motifs is 2. The monoisotopic (exact) mass is 436 g/mol. The molecule has 170 valence electrons. The highest BCUT2D eigenvalue weighted by Crippen LogP contribution is 2.48. The van der Waals surface area contributed by atoms with Gasteiger partial charge in [-0.05, 0) is 58.8 Å². The van der Waals surface area contributed by atoms with Crippen LogP contribution in [0.1, 0.15) is 55.9 Å². The summed E-state index contributed by atoms with van der Waals surface area (Å²) in [5.41, 5.74) is 4.61. The molecule has 5 heteroatoms. The van der Waals surface area contributed by atoms with Gasteiger partial charge in [0.15, 0.2) is 0 Å². The Morgan fingerprint density at radius 1 is 1.22 bits per heavy atom. The minimum absolute atomic E-state index is 0.0674. The van der Waals surface area contributed by atoms with E-state index in [2.05, 4.69) is 19.9 Å². The maximum Gasteiger partial charge on any atom is 0.135 e. The van der Waals surface area contributed by atoms with Crippen molar-refractivity contribution in [1.29, 1.82) is 0 Å². The van der Waals surface area contributed by atoms with Gasteiger partial charge in [0.1, 0.15) is 34.3 Å². The van der Waals surface area contributed by atoms with Crippen LogP contribution in [0.15, 0.2) is 35.9 Å². The van der Waals surface area contributed by atoms with E-state index in [1.54, 1.807) is 20.3 Å². The van der Waals surface area contributed by atoms with Gasteiger partial charge in [-0.3, -0.25) is 0 Å². The Bertz CT molecular complexity index is 1090. The highest BCUT2D eigenvalue weighted by atomic mass is 16.5. The van der Waals surface area contributed by atoms with Gasteiger partial charge in [0.25, 0.3) is 0 Å². The molecule has 2 aliphatic heterocycles. The number of benzene rings is 2. The molecule has 0 aliphatic carbocycles. The van der Waals surface area contributed by atoms with Gasteiger partial charge in [0.2, 0.25) is 0 Å². The number of hydrogen-bond donors (Lipinski definition) is 1. The van der Waals surface area contributed by atoms with Gasteiger partial charge in [-0.2, -0.15) is 0 Å². The molecular formula is C27H32O5. The molecule has 0 unspecified atom stereocenters. The van der Waals surface area contributed by atoms with Crippen molar-refractivity contribution < 1.29 is 24.1 Å². The van der Waals surface area contributed by atoms with Gasteiger partial charge < -0.3 is 24.1 Å². The molecule has 2 aliphatic rings. The summed E-state index contributed by atoms with van der Waals surface area (Å²) in [5.74, 6) is 3.40. The molecule has 2 heterocycles. The van der Waals surface area contributed by atoms with Crippen LogP contribution in [0.3, 0.4) is 0 Å². The van der Waals surface area contributed by atoms with Crippen LogP contribution < -0.4 is 18.9 Å². The van der Waals surface area contributed by atoms with E-state index in [0.717, 1.165) is 58.1 Å². The Labute approximate surface area is 190 Å². The molecule has 0 bridgehead atoms.